The number of rotatable bonds is 10. The van der Waals surface area contributed by atoms with Gasteiger partial charge < -0.3 is 15.5 Å². The van der Waals surface area contributed by atoms with Crippen molar-refractivity contribution >= 4 is 28.9 Å². The minimum Gasteiger partial charge on any atom is -0.378 e. The molecule has 1 heterocycles. The van der Waals surface area contributed by atoms with Crippen LogP contribution in [0.5, 0.6) is 0 Å². The standard InChI is InChI=1S/C22H35N5O2/c1-6-8-14-23-20(28)19-16-22(3,21(29)24-15-9-7-2)27(25-19)18-12-10-17(11-13-18)26(4)5/h10-13H,6-9,14-16H2,1-5H3,(H,23,28)(H,24,29). The third-order valence-corrected chi connectivity index (χ3v) is 5.19. The molecule has 1 atom stereocenters. The van der Waals surface area contributed by atoms with Crippen LogP contribution in [-0.2, 0) is 9.59 Å². The summed E-state index contributed by atoms with van der Waals surface area (Å²) in [6.45, 7) is 7.26. The van der Waals surface area contributed by atoms with Gasteiger partial charge in [0.1, 0.15) is 11.3 Å². The van der Waals surface area contributed by atoms with E-state index in [1.807, 2.05) is 50.2 Å². The molecule has 1 aliphatic heterocycles. The average Bonchev–Trinajstić information content (AvgIpc) is 3.07. The predicted molar refractivity (Wildman–Crippen MR) is 120 cm³/mol. The van der Waals surface area contributed by atoms with Gasteiger partial charge >= 0.3 is 0 Å². The van der Waals surface area contributed by atoms with Crippen molar-refractivity contribution in [2.75, 3.05) is 37.1 Å². The molecule has 2 rings (SSSR count). The Balaban J connectivity index is 2.28. The smallest absolute Gasteiger partial charge is 0.267 e. The van der Waals surface area contributed by atoms with Crippen LogP contribution in [0.15, 0.2) is 29.4 Å². The van der Waals surface area contributed by atoms with Gasteiger partial charge in [0.15, 0.2) is 0 Å². The highest BCUT2D eigenvalue weighted by Gasteiger charge is 2.47. The minimum atomic E-state index is -0.940. The topological polar surface area (TPSA) is 77.0 Å². The number of anilines is 2. The Morgan fingerprint density at radius 1 is 1.07 bits per heavy atom. The van der Waals surface area contributed by atoms with Crippen molar-refractivity contribution in [2.45, 2.75) is 58.4 Å². The molecule has 7 heteroatoms. The molecule has 0 aliphatic carbocycles. The molecular weight excluding hydrogens is 366 g/mol. The van der Waals surface area contributed by atoms with Crippen molar-refractivity contribution in [1.29, 1.82) is 0 Å². The highest BCUT2D eigenvalue weighted by atomic mass is 16.2. The van der Waals surface area contributed by atoms with Gasteiger partial charge in [-0.3, -0.25) is 9.59 Å². The number of nitrogens with zero attached hydrogens (tertiary/aromatic N) is 3. The lowest BCUT2D eigenvalue weighted by molar-refractivity contribution is -0.125. The van der Waals surface area contributed by atoms with Crippen molar-refractivity contribution in [1.82, 2.24) is 10.6 Å². The fourth-order valence-electron chi connectivity index (χ4n) is 3.25. The van der Waals surface area contributed by atoms with Crippen LogP contribution >= 0.6 is 0 Å². The second-order valence-corrected chi connectivity index (χ2v) is 7.94. The lowest BCUT2D eigenvalue weighted by Crippen LogP contribution is -2.53. The number of unbranched alkanes of at least 4 members (excludes halogenated alkanes) is 2. The van der Waals surface area contributed by atoms with Gasteiger partial charge in [0.25, 0.3) is 5.91 Å². The summed E-state index contributed by atoms with van der Waals surface area (Å²) in [6, 6.07) is 7.85. The number of hydrogen-bond donors (Lipinski definition) is 2. The number of nitrogens with one attached hydrogen (secondary N) is 2. The fraction of sp³-hybridized carbons (Fsp3) is 0.591. The molecular formula is C22H35N5O2. The first-order valence-corrected chi connectivity index (χ1v) is 10.5. The number of carbonyl (C=O) groups is 2. The largest absolute Gasteiger partial charge is 0.378 e. The average molecular weight is 402 g/mol. The Kier molecular flexibility index (Phi) is 8.05. The van der Waals surface area contributed by atoms with Gasteiger partial charge in [-0.05, 0) is 44.0 Å². The van der Waals surface area contributed by atoms with Gasteiger partial charge in [0, 0.05) is 39.3 Å². The van der Waals surface area contributed by atoms with E-state index in [0.717, 1.165) is 37.1 Å². The molecule has 0 bridgehead atoms. The third-order valence-electron chi connectivity index (χ3n) is 5.19. The Morgan fingerprint density at radius 2 is 1.66 bits per heavy atom. The number of carbonyl (C=O) groups excluding carboxylic acids is 2. The molecule has 2 amide bonds. The molecule has 0 fully saturated rings. The number of hydrazone groups is 1. The molecule has 1 unspecified atom stereocenters. The maximum absolute atomic E-state index is 13.1. The van der Waals surface area contributed by atoms with Crippen LogP contribution in [0.2, 0.25) is 0 Å². The van der Waals surface area contributed by atoms with E-state index in [1.165, 1.54) is 0 Å². The number of hydrogen-bond acceptors (Lipinski definition) is 5. The Bertz CT molecular complexity index is 729. The minimum absolute atomic E-state index is 0.109. The summed E-state index contributed by atoms with van der Waals surface area (Å²) in [5.74, 6) is -0.304. The van der Waals surface area contributed by atoms with Gasteiger partial charge in [0.05, 0.1) is 5.69 Å². The van der Waals surface area contributed by atoms with Crippen LogP contribution in [-0.4, -0.2) is 50.2 Å². The molecule has 0 aromatic heterocycles. The quantitative estimate of drug-likeness (QED) is 0.591. The molecule has 1 aromatic rings. The number of benzene rings is 1. The summed E-state index contributed by atoms with van der Waals surface area (Å²) in [7, 11) is 3.96. The van der Waals surface area contributed by atoms with E-state index >= 15 is 0 Å². The van der Waals surface area contributed by atoms with Gasteiger partial charge in [-0.15, -0.1) is 0 Å². The van der Waals surface area contributed by atoms with Crippen molar-refractivity contribution < 1.29 is 9.59 Å². The highest BCUT2D eigenvalue weighted by Crippen LogP contribution is 2.34. The first-order chi connectivity index (χ1) is 13.8. The maximum Gasteiger partial charge on any atom is 0.267 e. The zero-order chi connectivity index (χ0) is 21.4. The lowest BCUT2D eigenvalue weighted by Gasteiger charge is -2.33. The highest BCUT2D eigenvalue weighted by molar-refractivity contribution is 6.40. The van der Waals surface area contributed by atoms with E-state index in [9.17, 15) is 9.59 Å². The van der Waals surface area contributed by atoms with Gasteiger partial charge in [-0.1, -0.05) is 26.7 Å². The molecule has 7 nitrogen and oxygen atoms in total. The molecule has 29 heavy (non-hydrogen) atoms. The van der Waals surface area contributed by atoms with Crippen molar-refractivity contribution in [3.63, 3.8) is 0 Å². The first-order valence-electron chi connectivity index (χ1n) is 10.5. The molecule has 1 aliphatic rings. The Hall–Kier alpha value is -2.57. The zero-order valence-corrected chi connectivity index (χ0v) is 18.4. The second-order valence-electron chi connectivity index (χ2n) is 7.94. The van der Waals surface area contributed by atoms with Crippen LogP contribution in [0.25, 0.3) is 0 Å². The van der Waals surface area contributed by atoms with Crippen LogP contribution in [0, 0.1) is 0 Å². The normalized spacial score (nSPS) is 18.4. The Morgan fingerprint density at radius 3 is 2.21 bits per heavy atom. The van der Waals surface area contributed by atoms with E-state index in [-0.39, 0.29) is 18.2 Å². The summed E-state index contributed by atoms with van der Waals surface area (Å²) < 4.78 is 0. The van der Waals surface area contributed by atoms with E-state index in [4.69, 9.17) is 0 Å². The zero-order valence-electron chi connectivity index (χ0n) is 18.4. The van der Waals surface area contributed by atoms with Gasteiger partial charge in [0.2, 0.25) is 5.91 Å². The molecule has 2 N–H and O–H groups in total. The summed E-state index contributed by atoms with van der Waals surface area (Å²) >= 11 is 0. The number of amides is 2. The SMILES string of the molecule is CCCCNC(=O)C1=NN(c2ccc(N(C)C)cc2)C(C)(C(=O)NCCCC)C1. The molecule has 160 valence electrons. The molecule has 0 saturated carbocycles. The fourth-order valence-corrected chi connectivity index (χ4v) is 3.25. The predicted octanol–water partition coefficient (Wildman–Crippen LogP) is 2.91. The Labute approximate surface area is 174 Å². The van der Waals surface area contributed by atoms with Crippen LogP contribution in [0.1, 0.15) is 52.9 Å². The van der Waals surface area contributed by atoms with Crippen molar-refractivity contribution in [3.8, 4) is 0 Å². The van der Waals surface area contributed by atoms with E-state index < -0.39 is 5.54 Å². The lowest BCUT2D eigenvalue weighted by atomic mass is 9.93. The summed E-state index contributed by atoms with van der Waals surface area (Å²) in [4.78, 5) is 27.7. The molecule has 0 radical (unpaired) electrons. The second kappa shape index (κ2) is 10.3. The van der Waals surface area contributed by atoms with E-state index in [0.29, 0.717) is 18.8 Å². The third kappa shape index (κ3) is 5.49. The first kappa shape index (κ1) is 22.7. The van der Waals surface area contributed by atoms with Crippen LogP contribution < -0.4 is 20.5 Å². The van der Waals surface area contributed by atoms with Crippen molar-refractivity contribution in [2.24, 2.45) is 5.10 Å². The maximum atomic E-state index is 13.1. The monoisotopic (exact) mass is 401 g/mol. The molecule has 1 aromatic carbocycles. The summed E-state index contributed by atoms with van der Waals surface area (Å²) in [6.07, 6.45) is 4.13. The summed E-state index contributed by atoms with van der Waals surface area (Å²) in [5.41, 5.74) is 1.31. The van der Waals surface area contributed by atoms with E-state index in [1.54, 1.807) is 5.01 Å². The summed E-state index contributed by atoms with van der Waals surface area (Å²) in [5, 5.41) is 12.2. The molecule has 0 saturated heterocycles. The van der Waals surface area contributed by atoms with E-state index in [2.05, 4.69) is 29.6 Å². The van der Waals surface area contributed by atoms with Crippen molar-refractivity contribution in [3.05, 3.63) is 24.3 Å². The van der Waals surface area contributed by atoms with Gasteiger partial charge in [-0.2, -0.15) is 5.10 Å². The van der Waals surface area contributed by atoms with Crippen LogP contribution in [0.3, 0.4) is 0 Å². The van der Waals surface area contributed by atoms with Gasteiger partial charge in [-0.25, -0.2) is 5.01 Å². The van der Waals surface area contributed by atoms with Crippen LogP contribution in [0.4, 0.5) is 11.4 Å². The molecule has 0 spiro atoms.